The molecule has 2 atom stereocenters. The fraction of sp³-hybridized carbons (Fsp3) is 0.435. The molecule has 0 radical (unpaired) electrons. The first-order valence-electron chi connectivity index (χ1n) is 10.5. The van der Waals surface area contributed by atoms with Crippen molar-refractivity contribution in [3.05, 3.63) is 64.7 Å². The van der Waals surface area contributed by atoms with E-state index in [1.54, 1.807) is 6.07 Å². The number of aliphatic hydroxyl groups is 1. The van der Waals surface area contributed by atoms with Crippen molar-refractivity contribution in [1.82, 2.24) is 10.2 Å². The number of carbonyl (C=O) groups is 1. The molecule has 4 N–H and O–H groups in total. The minimum atomic E-state index is -0.474. The maximum atomic E-state index is 11.7. The molecule has 0 unspecified atom stereocenters. The van der Waals surface area contributed by atoms with E-state index in [2.05, 4.69) is 27.2 Å². The van der Waals surface area contributed by atoms with Gasteiger partial charge in [0.2, 0.25) is 0 Å². The SMILES string of the molecule is NC(=O)c1ccccc1N1C[C@H](NC2CCN(Cc3ccc(Cl)cc3)CC2)[C@@H](O)C1. The number of rotatable bonds is 6. The molecule has 2 aromatic rings. The number of hydrogen-bond acceptors (Lipinski definition) is 5. The summed E-state index contributed by atoms with van der Waals surface area (Å²) in [5, 5.41) is 15.0. The first-order valence-corrected chi connectivity index (χ1v) is 10.9. The number of hydrogen-bond donors (Lipinski definition) is 3. The van der Waals surface area contributed by atoms with Gasteiger partial charge in [-0.1, -0.05) is 35.9 Å². The minimum absolute atomic E-state index is 0.0150. The molecule has 2 heterocycles. The Bertz CT molecular complexity index is 868. The number of carbonyl (C=O) groups excluding carboxylic acids is 1. The minimum Gasteiger partial charge on any atom is -0.390 e. The van der Waals surface area contributed by atoms with Crippen molar-refractivity contribution in [2.24, 2.45) is 5.73 Å². The summed E-state index contributed by atoms with van der Waals surface area (Å²) in [7, 11) is 0. The number of nitrogens with zero attached hydrogens (tertiary/aromatic N) is 2. The van der Waals surface area contributed by atoms with Gasteiger partial charge in [0.25, 0.3) is 5.91 Å². The maximum absolute atomic E-state index is 11.7. The second kappa shape index (κ2) is 9.35. The van der Waals surface area contributed by atoms with Crippen LogP contribution in [0.3, 0.4) is 0 Å². The molecule has 0 aromatic heterocycles. The van der Waals surface area contributed by atoms with Crippen LogP contribution in [0.5, 0.6) is 0 Å². The molecule has 30 heavy (non-hydrogen) atoms. The number of benzene rings is 2. The number of halogens is 1. The molecule has 4 rings (SSSR count). The summed E-state index contributed by atoms with van der Waals surface area (Å²) in [5.41, 5.74) is 8.10. The predicted octanol–water partition coefficient (Wildman–Crippen LogP) is 2.24. The summed E-state index contributed by atoms with van der Waals surface area (Å²) in [6.45, 7) is 4.15. The third kappa shape index (κ3) is 4.95. The molecule has 2 aromatic carbocycles. The van der Waals surface area contributed by atoms with Crippen LogP contribution in [0.4, 0.5) is 5.69 Å². The van der Waals surface area contributed by atoms with E-state index in [4.69, 9.17) is 17.3 Å². The second-order valence-corrected chi connectivity index (χ2v) is 8.74. The highest BCUT2D eigenvalue weighted by Crippen LogP contribution is 2.25. The van der Waals surface area contributed by atoms with Crippen molar-refractivity contribution >= 4 is 23.2 Å². The molecular weight excluding hydrogens is 400 g/mol. The van der Waals surface area contributed by atoms with Crippen LogP contribution in [0.1, 0.15) is 28.8 Å². The molecule has 1 amide bonds. The number of anilines is 1. The highest BCUT2D eigenvalue weighted by molar-refractivity contribution is 6.30. The average Bonchev–Trinajstić information content (AvgIpc) is 3.11. The van der Waals surface area contributed by atoms with Crippen LogP contribution in [0, 0.1) is 0 Å². The molecule has 0 spiro atoms. The summed E-state index contributed by atoms with van der Waals surface area (Å²) in [6, 6.07) is 15.8. The molecule has 0 saturated carbocycles. The van der Waals surface area contributed by atoms with Gasteiger partial charge >= 0.3 is 0 Å². The van der Waals surface area contributed by atoms with Gasteiger partial charge in [-0.3, -0.25) is 9.69 Å². The van der Waals surface area contributed by atoms with Crippen molar-refractivity contribution < 1.29 is 9.90 Å². The molecule has 6 nitrogen and oxygen atoms in total. The lowest BCUT2D eigenvalue weighted by molar-refractivity contribution is 0.100. The van der Waals surface area contributed by atoms with E-state index in [1.807, 2.05) is 30.3 Å². The Hall–Kier alpha value is -2.12. The van der Waals surface area contributed by atoms with Crippen molar-refractivity contribution in [3.8, 4) is 0 Å². The average molecular weight is 429 g/mol. The Kier molecular flexibility index (Phi) is 6.58. The zero-order valence-corrected chi connectivity index (χ0v) is 17.8. The third-order valence-corrected chi connectivity index (χ3v) is 6.41. The summed E-state index contributed by atoms with van der Waals surface area (Å²) in [4.78, 5) is 16.3. The second-order valence-electron chi connectivity index (χ2n) is 8.30. The van der Waals surface area contributed by atoms with E-state index in [0.717, 1.165) is 43.2 Å². The molecule has 0 aliphatic carbocycles. The van der Waals surface area contributed by atoms with Crippen molar-refractivity contribution in [3.63, 3.8) is 0 Å². The Labute approximate surface area is 182 Å². The number of nitrogens with one attached hydrogen (secondary N) is 1. The topological polar surface area (TPSA) is 81.8 Å². The van der Waals surface area contributed by atoms with Crippen molar-refractivity contribution in [2.45, 2.75) is 37.6 Å². The number of nitrogens with two attached hydrogens (primary N) is 1. The van der Waals surface area contributed by atoms with Crippen LogP contribution in [0.25, 0.3) is 0 Å². The summed E-state index contributed by atoms with van der Waals surface area (Å²) >= 11 is 5.97. The van der Waals surface area contributed by atoms with Crippen molar-refractivity contribution in [2.75, 3.05) is 31.1 Å². The van der Waals surface area contributed by atoms with Crippen LogP contribution in [0.2, 0.25) is 5.02 Å². The molecule has 7 heteroatoms. The molecular formula is C23H29ClN4O2. The highest BCUT2D eigenvalue weighted by Gasteiger charge is 2.34. The van der Waals surface area contributed by atoms with E-state index in [0.29, 0.717) is 24.7 Å². The van der Waals surface area contributed by atoms with Crippen LogP contribution >= 0.6 is 11.6 Å². The molecule has 2 saturated heterocycles. The molecule has 2 fully saturated rings. The van der Waals surface area contributed by atoms with Gasteiger partial charge in [-0.25, -0.2) is 0 Å². The normalized spacial score (nSPS) is 23.1. The van der Waals surface area contributed by atoms with Crippen molar-refractivity contribution in [1.29, 1.82) is 0 Å². The Morgan fingerprint density at radius 2 is 1.80 bits per heavy atom. The van der Waals surface area contributed by atoms with Gasteiger partial charge in [0.05, 0.1) is 17.7 Å². The Morgan fingerprint density at radius 3 is 2.50 bits per heavy atom. The number of aliphatic hydroxyl groups excluding tert-OH is 1. The standard InChI is InChI=1S/C23H29ClN4O2/c24-17-7-5-16(6-8-17)13-27-11-9-18(10-12-27)26-20-14-28(15-22(20)29)21-4-2-1-3-19(21)23(25)30/h1-8,18,20,22,26,29H,9-15H2,(H2,25,30)/t20-,22-/m0/s1. The van der Waals surface area contributed by atoms with Crippen LogP contribution < -0.4 is 16.0 Å². The fourth-order valence-electron chi connectivity index (χ4n) is 4.51. The fourth-order valence-corrected chi connectivity index (χ4v) is 4.64. The lowest BCUT2D eigenvalue weighted by Gasteiger charge is -2.34. The van der Waals surface area contributed by atoms with Gasteiger partial charge in [0.1, 0.15) is 0 Å². The van der Waals surface area contributed by atoms with E-state index in [1.165, 1.54) is 5.56 Å². The number of piperidine rings is 1. The summed E-state index contributed by atoms with van der Waals surface area (Å²) in [6.07, 6.45) is 1.63. The first-order chi connectivity index (χ1) is 14.5. The van der Waals surface area contributed by atoms with Crippen LogP contribution in [-0.2, 0) is 6.54 Å². The van der Waals surface area contributed by atoms with Gasteiger partial charge in [-0.2, -0.15) is 0 Å². The van der Waals surface area contributed by atoms with Gasteiger partial charge in [-0.15, -0.1) is 0 Å². The third-order valence-electron chi connectivity index (χ3n) is 6.16. The molecule has 160 valence electrons. The number of amides is 1. The zero-order valence-electron chi connectivity index (χ0n) is 17.0. The van der Waals surface area contributed by atoms with Gasteiger partial charge in [-0.05, 0) is 55.8 Å². The molecule has 2 aliphatic rings. The Balaban J connectivity index is 1.29. The van der Waals surface area contributed by atoms with Crippen LogP contribution in [0.15, 0.2) is 48.5 Å². The Morgan fingerprint density at radius 1 is 1.10 bits per heavy atom. The van der Waals surface area contributed by atoms with Gasteiger partial charge < -0.3 is 21.1 Å². The van der Waals surface area contributed by atoms with Gasteiger partial charge in [0, 0.05) is 36.4 Å². The van der Waals surface area contributed by atoms with Crippen LogP contribution in [-0.4, -0.2) is 60.3 Å². The molecule has 0 bridgehead atoms. The molecule has 2 aliphatic heterocycles. The van der Waals surface area contributed by atoms with E-state index in [-0.39, 0.29) is 6.04 Å². The number of β-amino-alcohol motifs (C(OH)–C–C–N with tert-alkyl or cyclic N) is 1. The lowest BCUT2D eigenvalue weighted by Crippen LogP contribution is -2.49. The first kappa shape index (κ1) is 21.1. The quantitative estimate of drug-likeness (QED) is 0.657. The smallest absolute Gasteiger partial charge is 0.250 e. The zero-order chi connectivity index (χ0) is 21.1. The summed E-state index contributed by atoms with van der Waals surface area (Å²) < 4.78 is 0. The number of likely N-dealkylation sites (tertiary alicyclic amines) is 1. The number of primary amides is 1. The predicted molar refractivity (Wildman–Crippen MR) is 120 cm³/mol. The van der Waals surface area contributed by atoms with Gasteiger partial charge in [0.15, 0.2) is 0 Å². The lowest BCUT2D eigenvalue weighted by atomic mass is 10.0. The largest absolute Gasteiger partial charge is 0.390 e. The monoisotopic (exact) mass is 428 g/mol. The van der Waals surface area contributed by atoms with E-state index < -0.39 is 12.0 Å². The summed E-state index contributed by atoms with van der Waals surface area (Å²) in [5.74, 6) is -0.440. The maximum Gasteiger partial charge on any atom is 0.250 e. The number of para-hydroxylation sites is 1. The van der Waals surface area contributed by atoms with E-state index in [9.17, 15) is 9.90 Å². The van der Waals surface area contributed by atoms with E-state index >= 15 is 0 Å². The highest BCUT2D eigenvalue weighted by atomic mass is 35.5.